The Labute approximate surface area is 182 Å². The molecule has 170 valence electrons. The van der Waals surface area contributed by atoms with Gasteiger partial charge in [-0.2, -0.15) is 0 Å². The molecule has 6 N–H and O–H groups in total. The fraction of sp³-hybridized carbons (Fsp3) is 0.400. The first kappa shape index (κ1) is 21.7. The maximum absolute atomic E-state index is 14.0. The zero-order valence-electron chi connectivity index (χ0n) is 17.3. The minimum Gasteiger partial charge on any atom is -0.482 e. The highest BCUT2D eigenvalue weighted by atomic mass is 19.3. The molecule has 2 heterocycles. The van der Waals surface area contributed by atoms with Gasteiger partial charge in [-0.3, -0.25) is 9.59 Å². The molecule has 2 aliphatic rings. The van der Waals surface area contributed by atoms with Crippen molar-refractivity contribution >= 4 is 34.8 Å². The predicted octanol–water partition coefficient (Wildman–Crippen LogP) is 1.60. The second-order valence-corrected chi connectivity index (χ2v) is 7.80. The molecule has 1 aromatic heterocycles. The van der Waals surface area contributed by atoms with Gasteiger partial charge < -0.3 is 31.7 Å². The van der Waals surface area contributed by atoms with Gasteiger partial charge in [-0.25, -0.2) is 18.7 Å². The van der Waals surface area contributed by atoms with E-state index in [0.29, 0.717) is 30.0 Å². The third kappa shape index (κ3) is 4.13. The zero-order valence-corrected chi connectivity index (χ0v) is 17.3. The minimum atomic E-state index is -2.98. The number of carbonyl (C=O) groups excluding carboxylic acids is 2. The van der Waals surface area contributed by atoms with Crippen molar-refractivity contribution in [1.82, 2.24) is 9.97 Å². The molecule has 1 fully saturated rings. The summed E-state index contributed by atoms with van der Waals surface area (Å²) in [6, 6.07) is 2.91. The highest BCUT2D eigenvalue weighted by Crippen LogP contribution is 2.36. The zero-order chi connectivity index (χ0) is 23.0. The van der Waals surface area contributed by atoms with Gasteiger partial charge in [0.2, 0.25) is 0 Å². The van der Waals surface area contributed by atoms with E-state index in [4.69, 9.17) is 16.2 Å². The Kier molecular flexibility index (Phi) is 5.55. The number of likely N-dealkylation sites (N-methyl/N-ethyl adjacent to an activating group) is 1. The number of anilines is 4. The van der Waals surface area contributed by atoms with Crippen LogP contribution in [0.5, 0.6) is 5.75 Å². The van der Waals surface area contributed by atoms with Crippen molar-refractivity contribution in [3.05, 3.63) is 30.1 Å². The fourth-order valence-electron chi connectivity index (χ4n) is 3.76. The maximum Gasteiger partial charge on any atom is 0.271 e. The van der Waals surface area contributed by atoms with Crippen molar-refractivity contribution in [3.63, 3.8) is 0 Å². The average molecular weight is 447 g/mol. The molecule has 0 bridgehead atoms. The number of ether oxygens (including phenoxy) is 1. The van der Waals surface area contributed by atoms with Crippen molar-refractivity contribution in [3.8, 4) is 5.75 Å². The lowest BCUT2D eigenvalue weighted by molar-refractivity contribution is -0.120. The molecule has 32 heavy (non-hydrogen) atoms. The van der Waals surface area contributed by atoms with Crippen LogP contribution in [0.1, 0.15) is 29.8 Å². The number of carbonyl (C=O) groups is 2. The molecule has 1 unspecified atom stereocenters. The molecule has 1 aromatic carbocycles. The number of hydrogen-bond donors (Lipinski definition) is 4. The molecule has 2 amide bonds. The van der Waals surface area contributed by atoms with E-state index in [1.165, 1.54) is 11.1 Å². The van der Waals surface area contributed by atoms with Crippen LogP contribution in [0.4, 0.5) is 31.8 Å². The van der Waals surface area contributed by atoms with Gasteiger partial charge in [0.15, 0.2) is 18.1 Å². The summed E-state index contributed by atoms with van der Waals surface area (Å²) in [6.07, 6.45) is 1.76. The summed E-state index contributed by atoms with van der Waals surface area (Å²) in [6.45, 7) is -0.0519. The number of aromatic nitrogens is 2. The van der Waals surface area contributed by atoms with Gasteiger partial charge in [0.1, 0.15) is 11.6 Å². The van der Waals surface area contributed by atoms with E-state index in [9.17, 15) is 18.4 Å². The van der Waals surface area contributed by atoms with Crippen LogP contribution in [-0.4, -0.2) is 53.4 Å². The number of hydrogen-bond acceptors (Lipinski definition) is 8. The number of primary amides is 1. The third-order valence-electron chi connectivity index (χ3n) is 5.59. The van der Waals surface area contributed by atoms with Crippen LogP contribution in [0.15, 0.2) is 24.4 Å². The standard InChI is InChI=1S/C20H23F2N7O3/c1-29-12-7-10(4-5-13(12)32-9-15(29)30)26-19-16(18(24)31)25-8-14(28-19)27-11-3-2-6-20(21,22)17(11)23/h4-5,7-8,11,17H,2-3,6,9,23H2,1H3,(H2,24,31)(H2,26,27,28)/t11-,17?/m1/s1. The van der Waals surface area contributed by atoms with Crippen LogP contribution in [0, 0.1) is 0 Å². The van der Waals surface area contributed by atoms with Crippen LogP contribution < -0.4 is 31.7 Å². The molecule has 1 saturated carbocycles. The summed E-state index contributed by atoms with van der Waals surface area (Å²) in [7, 11) is 1.62. The number of fused-ring (bicyclic) bond motifs is 1. The van der Waals surface area contributed by atoms with Crippen molar-refractivity contribution in [1.29, 1.82) is 0 Å². The van der Waals surface area contributed by atoms with Crippen LogP contribution in [-0.2, 0) is 4.79 Å². The van der Waals surface area contributed by atoms with E-state index in [-0.39, 0.29) is 36.3 Å². The van der Waals surface area contributed by atoms with E-state index >= 15 is 0 Å². The van der Waals surface area contributed by atoms with Crippen molar-refractivity contribution in [2.24, 2.45) is 11.5 Å². The Hall–Kier alpha value is -3.54. The summed E-state index contributed by atoms with van der Waals surface area (Å²) in [5.41, 5.74) is 12.0. The van der Waals surface area contributed by atoms with Gasteiger partial charge in [0.25, 0.3) is 17.7 Å². The summed E-state index contributed by atoms with van der Waals surface area (Å²) >= 11 is 0. The van der Waals surface area contributed by atoms with E-state index < -0.39 is 23.9 Å². The Morgan fingerprint density at radius 2 is 2.16 bits per heavy atom. The lowest BCUT2D eigenvalue weighted by atomic mass is 9.87. The Balaban J connectivity index is 1.61. The second-order valence-electron chi connectivity index (χ2n) is 7.80. The van der Waals surface area contributed by atoms with Crippen LogP contribution in [0.3, 0.4) is 0 Å². The number of nitrogens with two attached hydrogens (primary N) is 2. The average Bonchev–Trinajstić information content (AvgIpc) is 2.74. The Morgan fingerprint density at radius 1 is 1.38 bits per heavy atom. The molecule has 0 saturated heterocycles. The number of nitrogens with one attached hydrogen (secondary N) is 2. The van der Waals surface area contributed by atoms with Crippen molar-refractivity contribution in [2.75, 3.05) is 29.2 Å². The van der Waals surface area contributed by atoms with Gasteiger partial charge >= 0.3 is 0 Å². The third-order valence-corrected chi connectivity index (χ3v) is 5.59. The SMILES string of the molecule is CN1C(=O)COc2ccc(Nc3nc(N[C@@H]4CCCC(F)(F)C4N)cnc3C(N)=O)cc21. The highest BCUT2D eigenvalue weighted by molar-refractivity contribution is 5.99. The molecule has 1 aliphatic heterocycles. The monoisotopic (exact) mass is 447 g/mol. The molecule has 12 heteroatoms. The number of nitrogens with zero attached hydrogens (tertiary/aromatic N) is 3. The Bertz CT molecular complexity index is 1070. The summed E-state index contributed by atoms with van der Waals surface area (Å²) < 4.78 is 33.3. The van der Waals surface area contributed by atoms with Crippen LogP contribution in [0.25, 0.3) is 0 Å². The Morgan fingerprint density at radius 3 is 2.91 bits per heavy atom. The first-order valence-electron chi connectivity index (χ1n) is 10.0. The van der Waals surface area contributed by atoms with Gasteiger partial charge in [-0.1, -0.05) is 0 Å². The molecule has 0 radical (unpaired) electrons. The largest absolute Gasteiger partial charge is 0.482 e. The fourth-order valence-corrected chi connectivity index (χ4v) is 3.76. The maximum atomic E-state index is 14.0. The number of halogens is 2. The molecule has 4 rings (SSSR count). The normalized spacial score (nSPS) is 22.0. The number of benzene rings is 1. The van der Waals surface area contributed by atoms with Crippen LogP contribution in [0.2, 0.25) is 0 Å². The number of amides is 2. The van der Waals surface area contributed by atoms with Crippen molar-refractivity contribution < 1.29 is 23.1 Å². The molecule has 2 aromatic rings. The predicted molar refractivity (Wildman–Crippen MR) is 113 cm³/mol. The molecular formula is C20H23F2N7O3. The second kappa shape index (κ2) is 8.19. The number of rotatable bonds is 5. The quantitative estimate of drug-likeness (QED) is 0.540. The lowest BCUT2D eigenvalue weighted by Crippen LogP contribution is -2.55. The van der Waals surface area contributed by atoms with Crippen LogP contribution >= 0.6 is 0 Å². The smallest absolute Gasteiger partial charge is 0.271 e. The van der Waals surface area contributed by atoms with E-state index in [2.05, 4.69) is 20.6 Å². The molecule has 1 aliphatic carbocycles. The minimum absolute atomic E-state index is 0.0318. The van der Waals surface area contributed by atoms with E-state index in [1.54, 1.807) is 25.2 Å². The van der Waals surface area contributed by atoms with Crippen molar-refractivity contribution in [2.45, 2.75) is 37.3 Å². The van der Waals surface area contributed by atoms with Gasteiger partial charge in [0, 0.05) is 25.2 Å². The van der Waals surface area contributed by atoms with E-state index in [0.717, 1.165) is 0 Å². The number of alkyl halides is 2. The first-order valence-corrected chi connectivity index (χ1v) is 10.0. The first-order chi connectivity index (χ1) is 15.2. The highest BCUT2D eigenvalue weighted by Gasteiger charge is 2.44. The van der Waals surface area contributed by atoms with Gasteiger partial charge in [-0.15, -0.1) is 0 Å². The van der Waals surface area contributed by atoms with E-state index in [1.807, 2.05) is 0 Å². The van der Waals surface area contributed by atoms with Gasteiger partial charge in [-0.05, 0) is 31.0 Å². The summed E-state index contributed by atoms with van der Waals surface area (Å²) in [4.78, 5) is 33.5. The molecular weight excluding hydrogens is 424 g/mol. The summed E-state index contributed by atoms with van der Waals surface area (Å²) in [5, 5.41) is 5.85. The molecule has 2 atom stereocenters. The molecule has 0 spiro atoms. The topological polar surface area (TPSA) is 148 Å². The van der Waals surface area contributed by atoms with Gasteiger partial charge in [0.05, 0.1) is 17.9 Å². The lowest BCUT2D eigenvalue weighted by Gasteiger charge is -2.36. The molecule has 10 nitrogen and oxygen atoms in total. The summed E-state index contributed by atoms with van der Waals surface area (Å²) in [5.74, 6) is -3.28.